The van der Waals surface area contributed by atoms with Gasteiger partial charge in [-0.1, -0.05) is 0 Å². The molecule has 1 amide bonds. The van der Waals surface area contributed by atoms with E-state index in [0.717, 1.165) is 37.5 Å². The zero-order valence-corrected chi connectivity index (χ0v) is 12.8. The second-order valence-electron chi connectivity index (χ2n) is 5.65. The Kier molecular flexibility index (Phi) is 4.33. The van der Waals surface area contributed by atoms with Crippen LogP contribution in [0.5, 0.6) is 0 Å². The van der Waals surface area contributed by atoms with E-state index < -0.39 is 0 Å². The lowest BCUT2D eigenvalue weighted by Crippen LogP contribution is -2.46. The van der Waals surface area contributed by atoms with Crippen molar-refractivity contribution in [1.82, 2.24) is 15.2 Å². The lowest BCUT2D eigenvalue weighted by Gasteiger charge is -2.31. The minimum Gasteiger partial charge on any atom is -0.316 e. The molecule has 1 aromatic rings. The summed E-state index contributed by atoms with van der Waals surface area (Å²) in [4.78, 5) is 20.2. The summed E-state index contributed by atoms with van der Waals surface area (Å²) < 4.78 is 0. The first kappa shape index (κ1) is 14.0. The molecule has 0 aromatic carbocycles. The molecule has 3 rings (SSSR count). The molecule has 0 bridgehead atoms. The van der Waals surface area contributed by atoms with Crippen LogP contribution in [-0.2, 0) is 17.6 Å². The van der Waals surface area contributed by atoms with Gasteiger partial charge in [-0.25, -0.2) is 4.98 Å². The van der Waals surface area contributed by atoms with Gasteiger partial charge in [0, 0.05) is 17.5 Å². The highest BCUT2D eigenvalue weighted by molar-refractivity contribution is 7.15. The fraction of sp³-hybridized carbons (Fsp3) is 0.714. The second-order valence-corrected chi connectivity index (χ2v) is 6.74. The van der Waals surface area contributed by atoms with E-state index in [1.807, 2.05) is 7.05 Å². The molecule has 2 heterocycles. The zero-order chi connectivity index (χ0) is 13.9. The number of piperidine rings is 1. The van der Waals surface area contributed by atoms with Crippen LogP contribution in [0, 0.1) is 0 Å². The Morgan fingerprint density at radius 2 is 2.35 bits per heavy atom. The molecule has 2 N–H and O–H groups in total. The van der Waals surface area contributed by atoms with Gasteiger partial charge in [0.2, 0.25) is 5.91 Å². The molecular weight excluding hydrogens is 272 g/mol. The average Bonchev–Trinajstić information content (AvgIpc) is 2.99. The number of likely N-dealkylation sites (tertiary alicyclic amines) is 1. The Morgan fingerprint density at radius 1 is 1.45 bits per heavy atom. The molecule has 5 nitrogen and oxygen atoms in total. The predicted octanol–water partition coefficient (Wildman–Crippen LogP) is 1.25. The van der Waals surface area contributed by atoms with Crippen LogP contribution in [0.1, 0.15) is 29.8 Å². The number of aryl methyl sites for hydroxylation is 2. The van der Waals surface area contributed by atoms with E-state index in [2.05, 4.69) is 20.5 Å². The van der Waals surface area contributed by atoms with E-state index in [1.54, 1.807) is 11.3 Å². The third-order valence-corrected chi connectivity index (χ3v) is 5.20. The van der Waals surface area contributed by atoms with Crippen molar-refractivity contribution in [1.29, 1.82) is 0 Å². The molecule has 1 fully saturated rings. The number of nitrogens with zero attached hydrogens (tertiary/aromatic N) is 2. The Labute approximate surface area is 123 Å². The SMILES string of the molecule is CNC1CCCN(CC(=O)Nc2nc3c(s2)CCC3)C1. The maximum atomic E-state index is 12.1. The summed E-state index contributed by atoms with van der Waals surface area (Å²) in [6.45, 7) is 2.45. The van der Waals surface area contributed by atoms with Crippen LogP contribution in [0.2, 0.25) is 0 Å². The number of hydrogen-bond acceptors (Lipinski definition) is 5. The summed E-state index contributed by atoms with van der Waals surface area (Å²) >= 11 is 1.64. The average molecular weight is 294 g/mol. The van der Waals surface area contributed by atoms with Crippen LogP contribution >= 0.6 is 11.3 Å². The van der Waals surface area contributed by atoms with Gasteiger partial charge >= 0.3 is 0 Å². The highest BCUT2D eigenvalue weighted by atomic mass is 32.1. The lowest BCUT2D eigenvalue weighted by molar-refractivity contribution is -0.117. The zero-order valence-electron chi connectivity index (χ0n) is 11.9. The van der Waals surface area contributed by atoms with Gasteiger partial charge in [-0.15, -0.1) is 11.3 Å². The Hall–Kier alpha value is -0.980. The van der Waals surface area contributed by atoms with Crippen molar-refractivity contribution in [3.8, 4) is 0 Å². The predicted molar refractivity (Wildman–Crippen MR) is 81.3 cm³/mol. The van der Waals surface area contributed by atoms with Crippen LogP contribution in [0.3, 0.4) is 0 Å². The number of hydrogen-bond donors (Lipinski definition) is 2. The Balaban J connectivity index is 1.51. The van der Waals surface area contributed by atoms with Gasteiger partial charge in [0.05, 0.1) is 12.2 Å². The molecule has 1 saturated heterocycles. The number of aromatic nitrogens is 1. The maximum absolute atomic E-state index is 12.1. The molecule has 6 heteroatoms. The minimum absolute atomic E-state index is 0.0641. The van der Waals surface area contributed by atoms with E-state index in [1.165, 1.54) is 23.4 Å². The molecule has 0 spiro atoms. The summed E-state index contributed by atoms with van der Waals surface area (Å²) in [6.07, 6.45) is 5.76. The topological polar surface area (TPSA) is 57.3 Å². The van der Waals surface area contributed by atoms with Gasteiger partial charge < -0.3 is 10.6 Å². The van der Waals surface area contributed by atoms with E-state index in [9.17, 15) is 4.79 Å². The Morgan fingerprint density at radius 3 is 3.15 bits per heavy atom. The number of rotatable bonds is 4. The Bertz CT molecular complexity index is 466. The van der Waals surface area contributed by atoms with Crippen LogP contribution in [0.4, 0.5) is 5.13 Å². The molecule has 20 heavy (non-hydrogen) atoms. The van der Waals surface area contributed by atoms with E-state index in [-0.39, 0.29) is 5.91 Å². The van der Waals surface area contributed by atoms with Crippen molar-refractivity contribution < 1.29 is 4.79 Å². The lowest BCUT2D eigenvalue weighted by atomic mass is 10.1. The fourth-order valence-corrected chi connectivity index (χ4v) is 4.11. The summed E-state index contributed by atoms with van der Waals surface area (Å²) in [5, 5.41) is 7.04. The van der Waals surface area contributed by atoms with Crippen LogP contribution < -0.4 is 10.6 Å². The smallest absolute Gasteiger partial charge is 0.240 e. The maximum Gasteiger partial charge on any atom is 0.240 e. The number of amides is 1. The normalized spacial score (nSPS) is 22.8. The molecule has 1 atom stereocenters. The van der Waals surface area contributed by atoms with E-state index >= 15 is 0 Å². The quantitative estimate of drug-likeness (QED) is 0.877. The molecule has 1 unspecified atom stereocenters. The highest BCUT2D eigenvalue weighted by Gasteiger charge is 2.22. The number of nitrogens with one attached hydrogen (secondary N) is 2. The van der Waals surface area contributed by atoms with E-state index in [0.29, 0.717) is 12.6 Å². The third-order valence-electron chi connectivity index (χ3n) is 4.12. The first-order valence-electron chi connectivity index (χ1n) is 7.42. The van der Waals surface area contributed by atoms with Crippen LogP contribution in [-0.4, -0.2) is 48.5 Å². The van der Waals surface area contributed by atoms with E-state index in [4.69, 9.17) is 0 Å². The number of likely N-dealkylation sites (N-methyl/N-ethyl adjacent to an activating group) is 1. The highest BCUT2D eigenvalue weighted by Crippen LogP contribution is 2.30. The molecule has 2 aliphatic rings. The van der Waals surface area contributed by atoms with Crippen molar-refractivity contribution in [3.63, 3.8) is 0 Å². The number of anilines is 1. The largest absolute Gasteiger partial charge is 0.316 e. The first-order chi connectivity index (χ1) is 9.74. The van der Waals surface area contributed by atoms with Gasteiger partial charge in [0.25, 0.3) is 0 Å². The van der Waals surface area contributed by atoms with Crippen LogP contribution in [0.15, 0.2) is 0 Å². The first-order valence-corrected chi connectivity index (χ1v) is 8.24. The van der Waals surface area contributed by atoms with Gasteiger partial charge in [-0.05, 0) is 45.7 Å². The van der Waals surface area contributed by atoms with Gasteiger partial charge in [-0.3, -0.25) is 9.69 Å². The van der Waals surface area contributed by atoms with Crippen molar-refractivity contribution in [3.05, 3.63) is 10.6 Å². The van der Waals surface area contributed by atoms with Crippen molar-refractivity contribution in [2.24, 2.45) is 0 Å². The van der Waals surface area contributed by atoms with Gasteiger partial charge in [0.1, 0.15) is 0 Å². The monoisotopic (exact) mass is 294 g/mol. The molecule has 0 saturated carbocycles. The number of carbonyl (C=O) groups is 1. The third kappa shape index (κ3) is 3.19. The molecule has 110 valence electrons. The minimum atomic E-state index is 0.0641. The summed E-state index contributed by atoms with van der Waals surface area (Å²) in [6, 6.07) is 0.514. The second kappa shape index (κ2) is 6.20. The number of carbonyl (C=O) groups excluding carboxylic acids is 1. The van der Waals surface area contributed by atoms with Crippen molar-refractivity contribution in [2.75, 3.05) is 32.0 Å². The molecule has 1 aliphatic carbocycles. The molecular formula is C14H22N4OS. The van der Waals surface area contributed by atoms with Crippen LogP contribution in [0.25, 0.3) is 0 Å². The molecule has 0 radical (unpaired) electrons. The van der Waals surface area contributed by atoms with Gasteiger partial charge in [-0.2, -0.15) is 0 Å². The van der Waals surface area contributed by atoms with Crippen molar-refractivity contribution in [2.45, 2.75) is 38.1 Å². The van der Waals surface area contributed by atoms with Crippen molar-refractivity contribution >= 4 is 22.4 Å². The summed E-state index contributed by atoms with van der Waals surface area (Å²) in [7, 11) is 1.99. The summed E-state index contributed by atoms with van der Waals surface area (Å²) in [5.74, 6) is 0.0641. The summed E-state index contributed by atoms with van der Waals surface area (Å²) in [5.41, 5.74) is 1.19. The number of thiazole rings is 1. The molecule has 1 aliphatic heterocycles. The number of fused-ring (bicyclic) bond motifs is 1. The standard InChI is InChI=1S/C14H22N4OS/c1-15-10-4-3-7-18(8-10)9-13(19)17-14-16-11-5-2-6-12(11)20-14/h10,15H,2-9H2,1H3,(H,16,17,19). The molecule has 1 aromatic heterocycles. The van der Waals surface area contributed by atoms with Gasteiger partial charge in [0.15, 0.2) is 5.13 Å². The fourth-order valence-electron chi connectivity index (χ4n) is 3.04.